The third-order valence-electron chi connectivity index (χ3n) is 3.54. The molecule has 1 aromatic rings. The topological polar surface area (TPSA) is 19.9 Å². The van der Waals surface area contributed by atoms with E-state index in [4.69, 9.17) is 0 Å². The highest BCUT2D eigenvalue weighted by Crippen LogP contribution is 2.15. The molecule has 1 aromatic carbocycles. The number of quaternary nitrogens is 1. The maximum Gasteiger partial charge on any atom is 0.101 e. The molecule has 88 valence electrons. The van der Waals surface area contributed by atoms with Crippen LogP contribution in [0.15, 0.2) is 24.3 Å². The quantitative estimate of drug-likeness (QED) is 0.818. The molecule has 0 unspecified atom stereocenters. The Morgan fingerprint density at radius 2 is 1.75 bits per heavy atom. The van der Waals surface area contributed by atoms with E-state index in [1.807, 2.05) is 0 Å². The van der Waals surface area contributed by atoms with Crippen LogP contribution in [0.1, 0.15) is 31.2 Å². The predicted molar refractivity (Wildman–Crippen MR) is 68.7 cm³/mol. The van der Waals surface area contributed by atoms with Gasteiger partial charge in [-0.25, -0.2) is 0 Å². The zero-order valence-corrected chi connectivity index (χ0v) is 10.4. The van der Waals surface area contributed by atoms with Crippen LogP contribution >= 0.6 is 0 Å². The molecule has 16 heavy (non-hydrogen) atoms. The molecule has 0 atom stereocenters. The normalized spacial score (nSPS) is 16.6. The molecule has 0 spiro atoms. The van der Waals surface area contributed by atoms with Crippen LogP contribution in [0.25, 0.3) is 0 Å². The summed E-state index contributed by atoms with van der Waals surface area (Å²) in [6.45, 7) is 1.14. The second-order valence-electron chi connectivity index (χ2n) is 5.05. The number of nitrogens with zero attached hydrogens (tertiary/aromatic N) is 1. The zero-order chi connectivity index (χ0) is 11.4. The van der Waals surface area contributed by atoms with Crippen molar-refractivity contribution < 1.29 is 5.32 Å². The fourth-order valence-corrected chi connectivity index (χ4v) is 2.43. The summed E-state index contributed by atoms with van der Waals surface area (Å²) in [6.07, 6.45) is 5.69. The first-order valence-corrected chi connectivity index (χ1v) is 6.35. The van der Waals surface area contributed by atoms with Gasteiger partial charge in [-0.1, -0.05) is 12.1 Å². The maximum atomic E-state index is 2.51. The molecular formula is C14H23N2+. The molecule has 1 fully saturated rings. The minimum absolute atomic E-state index is 0.883. The molecule has 0 bridgehead atoms. The SMILES string of the molecule is CN(C)c1ccc(C[NH2+]C2CCCC2)cc1. The summed E-state index contributed by atoms with van der Waals surface area (Å²) in [6, 6.07) is 9.80. The van der Waals surface area contributed by atoms with E-state index < -0.39 is 0 Å². The van der Waals surface area contributed by atoms with Crippen LogP contribution in [0.2, 0.25) is 0 Å². The summed E-state index contributed by atoms with van der Waals surface area (Å²) in [7, 11) is 4.17. The third kappa shape index (κ3) is 2.99. The molecule has 2 nitrogen and oxygen atoms in total. The smallest absolute Gasteiger partial charge is 0.101 e. The monoisotopic (exact) mass is 219 g/mol. The first-order chi connectivity index (χ1) is 7.75. The molecule has 0 aromatic heterocycles. The number of hydrogen-bond acceptors (Lipinski definition) is 1. The van der Waals surface area contributed by atoms with Crippen molar-refractivity contribution in [2.75, 3.05) is 19.0 Å². The molecule has 0 heterocycles. The van der Waals surface area contributed by atoms with Gasteiger partial charge in [-0.3, -0.25) is 0 Å². The number of rotatable bonds is 4. The van der Waals surface area contributed by atoms with Gasteiger partial charge in [0.05, 0.1) is 6.04 Å². The van der Waals surface area contributed by atoms with Gasteiger partial charge < -0.3 is 10.2 Å². The van der Waals surface area contributed by atoms with Gasteiger partial charge in [0.1, 0.15) is 6.54 Å². The van der Waals surface area contributed by atoms with Crippen LogP contribution in [0.4, 0.5) is 5.69 Å². The van der Waals surface area contributed by atoms with Crippen molar-refractivity contribution in [2.45, 2.75) is 38.3 Å². The summed E-state index contributed by atoms with van der Waals surface area (Å²) in [5, 5.41) is 2.51. The second kappa shape index (κ2) is 5.35. The van der Waals surface area contributed by atoms with E-state index >= 15 is 0 Å². The Bertz CT molecular complexity index is 310. The van der Waals surface area contributed by atoms with E-state index in [1.54, 1.807) is 0 Å². The Balaban J connectivity index is 1.84. The second-order valence-corrected chi connectivity index (χ2v) is 5.05. The van der Waals surface area contributed by atoms with Crippen LogP contribution in [-0.4, -0.2) is 20.1 Å². The third-order valence-corrected chi connectivity index (χ3v) is 3.54. The number of nitrogens with two attached hydrogens (primary N) is 1. The van der Waals surface area contributed by atoms with E-state index in [2.05, 4.69) is 48.6 Å². The molecule has 0 amide bonds. The summed E-state index contributed by atoms with van der Waals surface area (Å²) >= 11 is 0. The van der Waals surface area contributed by atoms with E-state index in [0.717, 1.165) is 12.6 Å². The first-order valence-electron chi connectivity index (χ1n) is 6.35. The van der Waals surface area contributed by atoms with Gasteiger partial charge in [0.2, 0.25) is 0 Å². The zero-order valence-electron chi connectivity index (χ0n) is 10.4. The van der Waals surface area contributed by atoms with E-state index in [1.165, 1.54) is 36.9 Å². The first kappa shape index (κ1) is 11.5. The highest BCUT2D eigenvalue weighted by atomic mass is 15.1. The van der Waals surface area contributed by atoms with E-state index in [-0.39, 0.29) is 0 Å². The molecule has 0 saturated heterocycles. The Labute approximate surface area is 98.7 Å². The predicted octanol–water partition coefficient (Wildman–Crippen LogP) is 1.76. The van der Waals surface area contributed by atoms with Gasteiger partial charge in [-0.05, 0) is 37.8 Å². The van der Waals surface area contributed by atoms with Crippen molar-refractivity contribution >= 4 is 5.69 Å². The summed E-state index contributed by atoms with van der Waals surface area (Å²) < 4.78 is 0. The molecule has 1 aliphatic carbocycles. The van der Waals surface area contributed by atoms with Crippen molar-refractivity contribution in [1.82, 2.24) is 0 Å². The molecule has 2 rings (SSSR count). The number of hydrogen-bond donors (Lipinski definition) is 1. The average Bonchev–Trinajstić information content (AvgIpc) is 2.80. The van der Waals surface area contributed by atoms with Crippen molar-refractivity contribution in [3.8, 4) is 0 Å². The Morgan fingerprint density at radius 1 is 1.12 bits per heavy atom. The van der Waals surface area contributed by atoms with Gasteiger partial charge >= 0.3 is 0 Å². The number of benzene rings is 1. The summed E-state index contributed by atoms with van der Waals surface area (Å²) in [5.74, 6) is 0. The molecular weight excluding hydrogens is 196 g/mol. The summed E-state index contributed by atoms with van der Waals surface area (Å²) in [5.41, 5.74) is 2.72. The lowest BCUT2D eigenvalue weighted by molar-refractivity contribution is -0.703. The van der Waals surface area contributed by atoms with Gasteiger partial charge in [-0.2, -0.15) is 0 Å². The largest absolute Gasteiger partial charge is 0.378 e. The Kier molecular flexibility index (Phi) is 3.83. The average molecular weight is 219 g/mol. The molecule has 1 aliphatic rings. The highest BCUT2D eigenvalue weighted by molar-refractivity contribution is 5.45. The van der Waals surface area contributed by atoms with Crippen molar-refractivity contribution in [3.63, 3.8) is 0 Å². The van der Waals surface area contributed by atoms with Crippen LogP contribution < -0.4 is 10.2 Å². The maximum absolute atomic E-state index is 2.51. The van der Waals surface area contributed by atoms with E-state index in [9.17, 15) is 0 Å². The lowest BCUT2D eigenvalue weighted by Gasteiger charge is -2.13. The Morgan fingerprint density at radius 3 is 2.31 bits per heavy atom. The van der Waals surface area contributed by atoms with Gasteiger partial charge in [-0.15, -0.1) is 0 Å². The molecule has 2 N–H and O–H groups in total. The number of anilines is 1. The summed E-state index contributed by atoms with van der Waals surface area (Å²) in [4.78, 5) is 2.14. The fourth-order valence-electron chi connectivity index (χ4n) is 2.43. The van der Waals surface area contributed by atoms with Crippen molar-refractivity contribution in [2.24, 2.45) is 0 Å². The molecule has 0 aliphatic heterocycles. The van der Waals surface area contributed by atoms with Crippen molar-refractivity contribution in [3.05, 3.63) is 29.8 Å². The van der Waals surface area contributed by atoms with Crippen LogP contribution in [-0.2, 0) is 6.54 Å². The van der Waals surface area contributed by atoms with E-state index in [0.29, 0.717) is 0 Å². The van der Waals surface area contributed by atoms with Gasteiger partial charge in [0, 0.05) is 25.3 Å². The lowest BCUT2D eigenvalue weighted by Crippen LogP contribution is -2.87. The van der Waals surface area contributed by atoms with Crippen LogP contribution in [0.3, 0.4) is 0 Å². The van der Waals surface area contributed by atoms with Crippen molar-refractivity contribution in [1.29, 1.82) is 0 Å². The fraction of sp³-hybridized carbons (Fsp3) is 0.571. The minimum atomic E-state index is 0.883. The highest BCUT2D eigenvalue weighted by Gasteiger charge is 2.17. The molecule has 0 radical (unpaired) electrons. The van der Waals surface area contributed by atoms with Crippen LogP contribution in [0.5, 0.6) is 0 Å². The van der Waals surface area contributed by atoms with Crippen LogP contribution in [0, 0.1) is 0 Å². The molecule has 1 saturated carbocycles. The molecule has 2 heteroatoms. The van der Waals surface area contributed by atoms with Gasteiger partial charge in [0.25, 0.3) is 0 Å². The Hall–Kier alpha value is -1.02. The lowest BCUT2D eigenvalue weighted by atomic mass is 10.1. The van der Waals surface area contributed by atoms with Gasteiger partial charge in [0.15, 0.2) is 0 Å². The standard InChI is InChI=1S/C14H22N2/c1-16(2)14-9-7-12(8-10-14)11-15-13-5-3-4-6-13/h7-10,13,15H,3-6,11H2,1-2H3/p+1. The minimum Gasteiger partial charge on any atom is -0.378 e.